The van der Waals surface area contributed by atoms with Gasteiger partial charge in [0.25, 0.3) is 0 Å². The molecule has 0 spiro atoms. The summed E-state index contributed by atoms with van der Waals surface area (Å²) in [4.78, 5) is 12.2. The molecule has 0 radical (unpaired) electrons. The van der Waals surface area contributed by atoms with Gasteiger partial charge in [0.1, 0.15) is 0 Å². The molecule has 1 aromatic heterocycles. The first kappa shape index (κ1) is 17.2. The lowest BCUT2D eigenvalue weighted by molar-refractivity contribution is 0.0917. The zero-order valence-electron chi connectivity index (χ0n) is 13.3. The molecule has 2 rings (SSSR count). The fourth-order valence-electron chi connectivity index (χ4n) is 2.11. The van der Waals surface area contributed by atoms with E-state index in [0.29, 0.717) is 28.5 Å². The SMILES string of the molecule is Cc1c(C(=O)NNC(=S)NCCC(C)C)oc2c(F)cccc12. The maximum Gasteiger partial charge on any atom is 0.305 e. The molecular weight excluding hydrogens is 317 g/mol. The van der Waals surface area contributed by atoms with E-state index in [1.807, 2.05) is 0 Å². The molecule has 5 nitrogen and oxygen atoms in total. The summed E-state index contributed by atoms with van der Waals surface area (Å²) in [6.07, 6.45) is 0.970. The number of aryl methyl sites for hydroxylation is 1. The number of thiocarbonyl (C=S) groups is 1. The van der Waals surface area contributed by atoms with Crippen LogP contribution in [0.15, 0.2) is 22.6 Å². The minimum atomic E-state index is -0.508. The zero-order valence-corrected chi connectivity index (χ0v) is 14.1. The topological polar surface area (TPSA) is 66.3 Å². The first-order chi connectivity index (χ1) is 10.9. The third kappa shape index (κ3) is 4.19. The van der Waals surface area contributed by atoms with Gasteiger partial charge in [-0.3, -0.25) is 15.6 Å². The summed E-state index contributed by atoms with van der Waals surface area (Å²) in [6.45, 7) is 6.65. The molecular formula is C16H20FN3O2S. The number of para-hydroxylation sites is 1. The lowest BCUT2D eigenvalue weighted by Gasteiger charge is -2.11. The van der Waals surface area contributed by atoms with Crippen LogP contribution in [0.4, 0.5) is 4.39 Å². The second-order valence-corrected chi connectivity index (χ2v) is 6.10. The molecule has 0 aliphatic carbocycles. The molecule has 0 unspecified atom stereocenters. The van der Waals surface area contributed by atoms with Gasteiger partial charge in [-0.05, 0) is 37.5 Å². The number of hydrogen-bond acceptors (Lipinski definition) is 3. The molecule has 0 bridgehead atoms. The number of halogens is 1. The van der Waals surface area contributed by atoms with Gasteiger partial charge in [-0.2, -0.15) is 0 Å². The summed E-state index contributed by atoms with van der Waals surface area (Å²) < 4.78 is 19.0. The van der Waals surface area contributed by atoms with Crippen molar-refractivity contribution in [2.45, 2.75) is 27.2 Å². The summed E-state index contributed by atoms with van der Waals surface area (Å²) in [6, 6.07) is 4.58. The second-order valence-electron chi connectivity index (χ2n) is 5.69. The zero-order chi connectivity index (χ0) is 17.0. The molecule has 0 saturated carbocycles. The average molecular weight is 337 g/mol. The van der Waals surface area contributed by atoms with Gasteiger partial charge in [0.15, 0.2) is 22.3 Å². The number of benzene rings is 1. The van der Waals surface area contributed by atoms with E-state index in [2.05, 4.69) is 30.0 Å². The Morgan fingerprint density at radius 1 is 1.35 bits per heavy atom. The van der Waals surface area contributed by atoms with Gasteiger partial charge in [-0.15, -0.1) is 0 Å². The van der Waals surface area contributed by atoms with Crippen molar-refractivity contribution in [2.24, 2.45) is 5.92 Å². The Morgan fingerprint density at radius 2 is 2.09 bits per heavy atom. The molecule has 0 fully saturated rings. The van der Waals surface area contributed by atoms with Crippen LogP contribution in [0, 0.1) is 18.7 Å². The van der Waals surface area contributed by atoms with Crippen molar-refractivity contribution in [3.63, 3.8) is 0 Å². The molecule has 0 aliphatic rings. The molecule has 7 heteroatoms. The highest BCUT2D eigenvalue weighted by Gasteiger charge is 2.19. The smallest absolute Gasteiger partial charge is 0.305 e. The monoisotopic (exact) mass is 337 g/mol. The highest BCUT2D eigenvalue weighted by atomic mass is 32.1. The molecule has 1 aromatic carbocycles. The van der Waals surface area contributed by atoms with Gasteiger partial charge in [-0.1, -0.05) is 26.0 Å². The summed E-state index contributed by atoms with van der Waals surface area (Å²) >= 11 is 5.06. The van der Waals surface area contributed by atoms with Crippen molar-refractivity contribution >= 4 is 34.2 Å². The fourth-order valence-corrected chi connectivity index (χ4v) is 2.27. The number of rotatable bonds is 4. The Kier molecular flexibility index (Phi) is 5.54. The lowest BCUT2D eigenvalue weighted by Crippen LogP contribution is -2.47. The molecule has 1 heterocycles. The van der Waals surface area contributed by atoms with Crippen LogP contribution in [0.25, 0.3) is 11.0 Å². The maximum atomic E-state index is 13.7. The molecule has 0 atom stereocenters. The van der Waals surface area contributed by atoms with Crippen LogP contribution in [0.2, 0.25) is 0 Å². The third-order valence-corrected chi connectivity index (χ3v) is 3.67. The van der Waals surface area contributed by atoms with E-state index in [4.69, 9.17) is 16.6 Å². The fraction of sp³-hybridized carbons (Fsp3) is 0.375. The van der Waals surface area contributed by atoms with Crippen LogP contribution in [0.1, 0.15) is 36.4 Å². The second kappa shape index (κ2) is 7.41. The quantitative estimate of drug-likeness (QED) is 0.591. The molecule has 2 aromatic rings. The number of nitrogens with one attached hydrogen (secondary N) is 3. The predicted molar refractivity (Wildman–Crippen MR) is 91.6 cm³/mol. The van der Waals surface area contributed by atoms with E-state index in [0.717, 1.165) is 6.42 Å². The van der Waals surface area contributed by atoms with Crippen molar-refractivity contribution < 1.29 is 13.6 Å². The highest BCUT2D eigenvalue weighted by Crippen LogP contribution is 2.26. The first-order valence-electron chi connectivity index (χ1n) is 7.42. The van der Waals surface area contributed by atoms with E-state index in [-0.39, 0.29) is 11.3 Å². The van der Waals surface area contributed by atoms with E-state index >= 15 is 0 Å². The maximum absolute atomic E-state index is 13.7. The van der Waals surface area contributed by atoms with Crippen LogP contribution in [0.5, 0.6) is 0 Å². The van der Waals surface area contributed by atoms with Gasteiger partial charge in [-0.25, -0.2) is 4.39 Å². The van der Waals surface area contributed by atoms with Gasteiger partial charge in [0.05, 0.1) is 0 Å². The number of hydrazine groups is 1. The van der Waals surface area contributed by atoms with E-state index in [1.54, 1.807) is 19.1 Å². The molecule has 124 valence electrons. The largest absolute Gasteiger partial charge is 0.447 e. The van der Waals surface area contributed by atoms with Gasteiger partial charge in [0.2, 0.25) is 0 Å². The van der Waals surface area contributed by atoms with Crippen molar-refractivity contribution in [3.05, 3.63) is 35.3 Å². The minimum absolute atomic E-state index is 0.0579. The number of furan rings is 1. The number of fused-ring (bicyclic) bond motifs is 1. The Morgan fingerprint density at radius 3 is 2.74 bits per heavy atom. The van der Waals surface area contributed by atoms with Crippen molar-refractivity contribution in [1.29, 1.82) is 0 Å². The van der Waals surface area contributed by atoms with E-state index < -0.39 is 11.7 Å². The Hall–Kier alpha value is -2.15. The Labute approximate surface area is 139 Å². The minimum Gasteiger partial charge on any atom is -0.447 e. The summed E-state index contributed by atoms with van der Waals surface area (Å²) in [5.41, 5.74) is 5.71. The first-order valence-corrected chi connectivity index (χ1v) is 7.82. The molecule has 0 saturated heterocycles. The number of hydrogen-bond donors (Lipinski definition) is 3. The van der Waals surface area contributed by atoms with Crippen molar-refractivity contribution in [3.8, 4) is 0 Å². The molecule has 3 N–H and O–H groups in total. The van der Waals surface area contributed by atoms with E-state index in [1.165, 1.54) is 6.07 Å². The predicted octanol–water partition coefficient (Wildman–Crippen LogP) is 3.04. The Bertz CT molecular complexity index is 727. The van der Waals surface area contributed by atoms with Crippen LogP contribution in [-0.2, 0) is 0 Å². The van der Waals surface area contributed by atoms with E-state index in [9.17, 15) is 9.18 Å². The summed E-state index contributed by atoms with van der Waals surface area (Å²) in [5, 5.41) is 3.88. The Balaban J connectivity index is 1.97. The molecule has 0 aliphatic heterocycles. The average Bonchev–Trinajstić information content (AvgIpc) is 2.83. The van der Waals surface area contributed by atoms with Crippen molar-refractivity contribution in [1.82, 2.24) is 16.2 Å². The van der Waals surface area contributed by atoms with Gasteiger partial charge < -0.3 is 9.73 Å². The number of carbonyl (C=O) groups is 1. The van der Waals surface area contributed by atoms with Gasteiger partial charge in [0, 0.05) is 17.5 Å². The van der Waals surface area contributed by atoms with Crippen LogP contribution in [-0.4, -0.2) is 17.6 Å². The summed E-state index contributed by atoms with van der Waals surface area (Å²) in [7, 11) is 0. The standard InChI is InChI=1S/C16H20FN3O2S/c1-9(2)7-8-18-16(23)20-19-15(21)13-10(3)11-5-4-6-12(17)14(11)22-13/h4-6,9H,7-8H2,1-3H3,(H,19,21)(H2,18,20,23). The van der Waals surface area contributed by atoms with Gasteiger partial charge >= 0.3 is 5.91 Å². The van der Waals surface area contributed by atoms with Crippen LogP contribution >= 0.6 is 12.2 Å². The third-order valence-electron chi connectivity index (χ3n) is 3.42. The number of amides is 1. The molecule has 23 heavy (non-hydrogen) atoms. The van der Waals surface area contributed by atoms with Crippen LogP contribution in [0.3, 0.4) is 0 Å². The molecule has 1 amide bonds. The number of carbonyl (C=O) groups excluding carboxylic acids is 1. The van der Waals surface area contributed by atoms with Crippen molar-refractivity contribution in [2.75, 3.05) is 6.54 Å². The summed E-state index contributed by atoms with van der Waals surface area (Å²) in [5.74, 6) is -0.384. The van der Waals surface area contributed by atoms with Crippen LogP contribution < -0.4 is 16.2 Å². The lowest BCUT2D eigenvalue weighted by atomic mass is 10.1. The highest BCUT2D eigenvalue weighted by molar-refractivity contribution is 7.80. The normalized spacial score (nSPS) is 10.8.